The molecule has 1 heterocycles. The Bertz CT molecular complexity index is 944. The lowest BCUT2D eigenvalue weighted by molar-refractivity contribution is 0.0946. The number of aromatic nitrogens is 1. The summed E-state index contributed by atoms with van der Waals surface area (Å²) >= 11 is 5.86. The Morgan fingerprint density at radius 3 is 2.32 bits per heavy atom. The molecule has 2 N–H and O–H groups in total. The van der Waals surface area contributed by atoms with Crippen LogP contribution in [0.1, 0.15) is 16.1 Å². The van der Waals surface area contributed by atoms with Gasteiger partial charge in [-0.15, -0.1) is 0 Å². The van der Waals surface area contributed by atoms with Gasteiger partial charge in [0.1, 0.15) is 5.69 Å². The predicted octanol–water partition coefficient (Wildman–Crippen LogP) is 4.43. The summed E-state index contributed by atoms with van der Waals surface area (Å²) in [6.07, 6.45) is 1.61. The van der Waals surface area contributed by atoms with Crippen molar-refractivity contribution in [2.45, 2.75) is 6.54 Å². The maximum absolute atomic E-state index is 12.3. The van der Waals surface area contributed by atoms with Crippen molar-refractivity contribution in [2.75, 3.05) is 19.5 Å². The van der Waals surface area contributed by atoms with Crippen molar-refractivity contribution in [3.63, 3.8) is 0 Å². The lowest BCUT2D eigenvalue weighted by Crippen LogP contribution is -2.23. The van der Waals surface area contributed by atoms with E-state index in [0.717, 1.165) is 16.9 Å². The Kier molecular flexibility index (Phi) is 6.34. The highest BCUT2D eigenvalue weighted by atomic mass is 35.5. The van der Waals surface area contributed by atoms with E-state index in [1.54, 1.807) is 44.7 Å². The van der Waals surface area contributed by atoms with Crippen LogP contribution >= 0.6 is 11.6 Å². The second-order valence-corrected chi connectivity index (χ2v) is 6.37. The van der Waals surface area contributed by atoms with Crippen molar-refractivity contribution in [3.05, 3.63) is 77.1 Å². The van der Waals surface area contributed by atoms with Gasteiger partial charge in [0, 0.05) is 23.3 Å². The van der Waals surface area contributed by atoms with Gasteiger partial charge in [0.15, 0.2) is 11.5 Å². The van der Waals surface area contributed by atoms with Gasteiger partial charge in [-0.1, -0.05) is 23.7 Å². The first-order valence-corrected chi connectivity index (χ1v) is 8.94. The number of hydrogen-bond donors (Lipinski definition) is 2. The fraction of sp³-hybridized carbons (Fsp3) is 0.143. The van der Waals surface area contributed by atoms with Crippen molar-refractivity contribution >= 4 is 28.9 Å². The van der Waals surface area contributed by atoms with Gasteiger partial charge in [0.2, 0.25) is 0 Å². The van der Waals surface area contributed by atoms with E-state index in [9.17, 15) is 4.79 Å². The Balaban J connectivity index is 1.61. The standard InChI is InChI=1S/C21H20ClN3O3/c1-27-19-10-8-16(11-20(19)28-2)25-17-7-9-18(23-13-17)21(26)24-12-14-3-5-15(22)6-4-14/h3-11,13,25H,12H2,1-2H3,(H,24,26). The summed E-state index contributed by atoms with van der Waals surface area (Å²) in [5.74, 6) is 1.03. The van der Waals surface area contributed by atoms with Crippen molar-refractivity contribution in [2.24, 2.45) is 0 Å². The van der Waals surface area contributed by atoms with Crippen LogP contribution in [0.15, 0.2) is 60.8 Å². The molecule has 0 spiro atoms. The quantitative estimate of drug-likeness (QED) is 0.617. The number of carbonyl (C=O) groups excluding carboxylic acids is 1. The zero-order valence-electron chi connectivity index (χ0n) is 15.5. The molecule has 1 aromatic heterocycles. The second kappa shape index (κ2) is 9.10. The third-order valence-corrected chi connectivity index (χ3v) is 4.29. The van der Waals surface area contributed by atoms with E-state index in [1.807, 2.05) is 30.3 Å². The first kappa shape index (κ1) is 19.5. The molecule has 0 aliphatic carbocycles. The number of carbonyl (C=O) groups is 1. The van der Waals surface area contributed by atoms with Gasteiger partial charge in [0.05, 0.1) is 26.1 Å². The molecule has 144 valence electrons. The Morgan fingerprint density at radius 2 is 1.68 bits per heavy atom. The summed E-state index contributed by atoms with van der Waals surface area (Å²) in [7, 11) is 3.17. The van der Waals surface area contributed by atoms with Crippen LogP contribution in [0.5, 0.6) is 11.5 Å². The number of halogens is 1. The van der Waals surface area contributed by atoms with Crippen LogP contribution in [0.25, 0.3) is 0 Å². The average Bonchev–Trinajstić information content (AvgIpc) is 2.73. The maximum Gasteiger partial charge on any atom is 0.270 e. The highest BCUT2D eigenvalue weighted by molar-refractivity contribution is 6.30. The van der Waals surface area contributed by atoms with Gasteiger partial charge in [0.25, 0.3) is 5.91 Å². The molecule has 0 unspecified atom stereocenters. The van der Waals surface area contributed by atoms with E-state index < -0.39 is 0 Å². The van der Waals surface area contributed by atoms with E-state index in [2.05, 4.69) is 15.6 Å². The van der Waals surface area contributed by atoms with Gasteiger partial charge in [-0.05, 0) is 42.0 Å². The average molecular weight is 398 g/mol. The molecule has 0 aliphatic heterocycles. The first-order chi connectivity index (χ1) is 13.6. The fourth-order valence-corrected chi connectivity index (χ4v) is 2.68. The molecule has 3 aromatic rings. The third kappa shape index (κ3) is 4.92. The van der Waals surface area contributed by atoms with E-state index in [0.29, 0.717) is 28.8 Å². The summed E-state index contributed by atoms with van der Waals surface area (Å²) in [5.41, 5.74) is 2.87. The maximum atomic E-state index is 12.3. The molecule has 28 heavy (non-hydrogen) atoms. The summed E-state index contributed by atoms with van der Waals surface area (Å²) in [6.45, 7) is 0.406. The molecule has 7 heteroatoms. The molecular formula is C21H20ClN3O3. The minimum Gasteiger partial charge on any atom is -0.493 e. The molecule has 0 bridgehead atoms. The first-order valence-electron chi connectivity index (χ1n) is 8.57. The number of ether oxygens (including phenoxy) is 2. The smallest absolute Gasteiger partial charge is 0.270 e. The van der Waals surface area contributed by atoms with Crippen LogP contribution in [0.4, 0.5) is 11.4 Å². The molecule has 0 atom stereocenters. The Morgan fingerprint density at radius 1 is 0.964 bits per heavy atom. The second-order valence-electron chi connectivity index (χ2n) is 5.94. The topological polar surface area (TPSA) is 72.5 Å². The fourth-order valence-electron chi connectivity index (χ4n) is 2.56. The minimum atomic E-state index is -0.243. The van der Waals surface area contributed by atoms with Crippen molar-refractivity contribution in [3.8, 4) is 11.5 Å². The third-order valence-electron chi connectivity index (χ3n) is 4.03. The van der Waals surface area contributed by atoms with Crippen molar-refractivity contribution in [1.29, 1.82) is 0 Å². The molecule has 6 nitrogen and oxygen atoms in total. The number of methoxy groups -OCH3 is 2. The van der Waals surface area contributed by atoms with Gasteiger partial charge < -0.3 is 20.1 Å². The van der Waals surface area contributed by atoms with Crippen LogP contribution < -0.4 is 20.1 Å². The Labute approximate surface area is 168 Å². The number of amides is 1. The van der Waals surface area contributed by atoms with Crippen molar-refractivity contribution in [1.82, 2.24) is 10.3 Å². The van der Waals surface area contributed by atoms with Crippen LogP contribution in [-0.4, -0.2) is 25.1 Å². The highest BCUT2D eigenvalue weighted by Crippen LogP contribution is 2.31. The number of nitrogens with one attached hydrogen (secondary N) is 2. The molecule has 0 saturated heterocycles. The molecule has 0 aliphatic rings. The van der Waals surface area contributed by atoms with Gasteiger partial charge >= 0.3 is 0 Å². The minimum absolute atomic E-state index is 0.243. The Hall–Kier alpha value is -3.25. The van der Waals surface area contributed by atoms with Crippen LogP contribution in [0.3, 0.4) is 0 Å². The number of hydrogen-bond acceptors (Lipinski definition) is 5. The molecule has 0 saturated carbocycles. The van der Waals surface area contributed by atoms with E-state index in [1.165, 1.54) is 0 Å². The van der Waals surface area contributed by atoms with Crippen LogP contribution in [0, 0.1) is 0 Å². The zero-order chi connectivity index (χ0) is 19.9. The van der Waals surface area contributed by atoms with Crippen molar-refractivity contribution < 1.29 is 14.3 Å². The number of anilines is 2. The monoisotopic (exact) mass is 397 g/mol. The zero-order valence-corrected chi connectivity index (χ0v) is 16.3. The molecule has 0 radical (unpaired) electrons. The molecule has 3 rings (SSSR count). The number of nitrogens with zero attached hydrogens (tertiary/aromatic N) is 1. The highest BCUT2D eigenvalue weighted by Gasteiger charge is 2.08. The lowest BCUT2D eigenvalue weighted by atomic mass is 10.2. The number of rotatable bonds is 7. The summed E-state index contributed by atoms with van der Waals surface area (Å²) in [5, 5.41) is 6.71. The summed E-state index contributed by atoms with van der Waals surface area (Å²) in [6, 6.07) is 16.3. The SMILES string of the molecule is COc1ccc(Nc2ccc(C(=O)NCc3ccc(Cl)cc3)nc2)cc1OC. The largest absolute Gasteiger partial charge is 0.493 e. The molecule has 2 aromatic carbocycles. The lowest BCUT2D eigenvalue weighted by Gasteiger charge is -2.11. The van der Waals surface area contributed by atoms with E-state index in [4.69, 9.17) is 21.1 Å². The normalized spacial score (nSPS) is 10.2. The predicted molar refractivity (Wildman–Crippen MR) is 110 cm³/mol. The van der Waals surface area contributed by atoms with E-state index in [-0.39, 0.29) is 5.91 Å². The van der Waals surface area contributed by atoms with Crippen LogP contribution in [0.2, 0.25) is 5.02 Å². The van der Waals surface area contributed by atoms with Crippen LogP contribution in [-0.2, 0) is 6.54 Å². The summed E-state index contributed by atoms with van der Waals surface area (Å²) < 4.78 is 10.5. The number of pyridine rings is 1. The molecular weight excluding hydrogens is 378 g/mol. The summed E-state index contributed by atoms with van der Waals surface area (Å²) in [4.78, 5) is 16.5. The van der Waals surface area contributed by atoms with E-state index >= 15 is 0 Å². The number of benzene rings is 2. The van der Waals surface area contributed by atoms with Gasteiger partial charge in [-0.2, -0.15) is 0 Å². The van der Waals surface area contributed by atoms with Gasteiger partial charge in [-0.3, -0.25) is 4.79 Å². The molecule has 0 fully saturated rings. The van der Waals surface area contributed by atoms with Gasteiger partial charge in [-0.25, -0.2) is 4.98 Å². The molecule has 1 amide bonds.